The molecule has 1 fully saturated rings. The van der Waals surface area contributed by atoms with Crippen molar-refractivity contribution >= 4 is 28.9 Å². The quantitative estimate of drug-likeness (QED) is 0.455. The summed E-state index contributed by atoms with van der Waals surface area (Å²) in [6.45, 7) is 1.16. The van der Waals surface area contributed by atoms with Gasteiger partial charge in [0.1, 0.15) is 6.61 Å². The largest absolute Gasteiger partial charge is 0.461 e. The van der Waals surface area contributed by atoms with Crippen molar-refractivity contribution in [2.45, 2.75) is 19.4 Å². The second-order valence-electron chi connectivity index (χ2n) is 6.08. The fraction of sp³-hybridized carbons (Fsp3) is 0.333. The lowest BCUT2D eigenvalue weighted by atomic mass is 9.97. The second kappa shape index (κ2) is 8.09. The molecule has 0 atom stereocenters. The minimum absolute atomic E-state index is 0.00264. The molecular weight excluding hydrogens is 356 g/mol. The van der Waals surface area contributed by atoms with E-state index in [9.17, 15) is 19.7 Å². The number of thiophene rings is 1. The molecule has 1 aromatic heterocycles. The van der Waals surface area contributed by atoms with Crippen LogP contribution >= 0.6 is 11.3 Å². The van der Waals surface area contributed by atoms with Gasteiger partial charge in [-0.3, -0.25) is 19.7 Å². The first-order valence-electron chi connectivity index (χ1n) is 8.27. The maximum absolute atomic E-state index is 12.3. The highest BCUT2D eigenvalue weighted by atomic mass is 32.1. The number of esters is 1. The summed E-state index contributed by atoms with van der Waals surface area (Å²) in [4.78, 5) is 37.2. The molecule has 1 aliphatic heterocycles. The third-order valence-corrected chi connectivity index (χ3v) is 5.23. The lowest BCUT2D eigenvalue weighted by Crippen LogP contribution is -2.40. The Morgan fingerprint density at radius 1 is 1.19 bits per heavy atom. The van der Waals surface area contributed by atoms with Crippen molar-refractivity contribution < 1.29 is 19.2 Å². The third kappa shape index (κ3) is 4.26. The summed E-state index contributed by atoms with van der Waals surface area (Å²) < 4.78 is 5.33. The minimum Gasteiger partial charge on any atom is -0.461 e. The van der Waals surface area contributed by atoms with E-state index in [1.54, 1.807) is 23.1 Å². The summed E-state index contributed by atoms with van der Waals surface area (Å²) in [6.07, 6.45) is 1.16. The van der Waals surface area contributed by atoms with Crippen LogP contribution in [0.25, 0.3) is 0 Å². The molecule has 1 aromatic carbocycles. The molecule has 0 saturated carbocycles. The molecule has 2 aromatic rings. The zero-order chi connectivity index (χ0) is 18.5. The number of benzene rings is 1. The fourth-order valence-corrected chi connectivity index (χ4v) is 3.55. The summed E-state index contributed by atoms with van der Waals surface area (Å²) in [7, 11) is 0. The molecule has 26 heavy (non-hydrogen) atoms. The minimum atomic E-state index is -0.471. The van der Waals surface area contributed by atoms with E-state index in [-0.39, 0.29) is 30.1 Å². The first-order chi connectivity index (χ1) is 12.5. The summed E-state index contributed by atoms with van der Waals surface area (Å²) in [6, 6.07) is 9.58. The van der Waals surface area contributed by atoms with Gasteiger partial charge in [0.25, 0.3) is 11.6 Å². The van der Waals surface area contributed by atoms with Gasteiger partial charge < -0.3 is 9.64 Å². The number of hydrogen-bond acceptors (Lipinski definition) is 6. The van der Waals surface area contributed by atoms with Gasteiger partial charge in [-0.15, -0.1) is 11.3 Å². The highest BCUT2D eigenvalue weighted by Crippen LogP contribution is 2.22. The number of nitro benzene ring substituents is 1. The normalized spacial score (nSPS) is 14.8. The Hall–Kier alpha value is -2.74. The van der Waals surface area contributed by atoms with E-state index in [2.05, 4.69) is 0 Å². The zero-order valence-corrected chi connectivity index (χ0v) is 14.8. The molecule has 2 heterocycles. The Kier molecular flexibility index (Phi) is 5.62. The van der Waals surface area contributed by atoms with Crippen molar-refractivity contribution in [1.82, 2.24) is 4.90 Å². The lowest BCUT2D eigenvalue weighted by molar-refractivity contribution is -0.384. The van der Waals surface area contributed by atoms with E-state index in [1.807, 2.05) is 11.4 Å². The van der Waals surface area contributed by atoms with Crippen LogP contribution in [0.1, 0.15) is 28.1 Å². The Balaban J connectivity index is 1.46. The number of amides is 1. The summed E-state index contributed by atoms with van der Waals surface area (Å²) in [5.41, 5.74) is 0.706. The summed E-state index contributed by atoms with van der Waals surface area (Å²) in [5.74, 6) is -0.496. The molecule has 1 aliphatic rings. The van der Waals surface area contributed by atoms with Gasteiger partial charge in [0, 0.05) is 25.2 Å². The van der Waals surface area contributed by atoms with Crippen LogP contribution in [0.2, 0.25) is 0 Å². The van der Waals surface area contributed by atoms with Crippen LogP contribution < -0.4 is 0 Å². The first-order valence-corrected chi connectivity index (χ1v) is 9.15. The van der Waals surface area contributed by atoms with Crippen LogP contribution in [0, 0.1) is 16.0 Å². The first kappa shape index (κ1) is 18.1. The number of rotatable bonds is 5. The monoisotopic (exact) mass is 374 g/mol. The van der Waals surface area contributed by atoms with Crippen LogP contribution in [0.4, 0.5) is 5.69 Å². The van der Waals surface area contributed by atoms with E-state index in [4.69, 9.17) is 4.74 Å². The van der Waals surface area contributed by atoms with E-state index >= 15 is 0 Å². The van der Waals surface area contributed by atoms with Gasteiger partial charge in [0.05, 0.1) is 15.7 Å². The maximum Gasteiger partial charge on any atom is 0.309 e. The predicted molar refractivity (Wildman–Crippen MR) is 95.8 cm³/mol. The SMILES string of the molecule is O=C(OCc1ccc([N+](=O)[O-])cc1)C1CCN(C(=O)c2cccs2)CC1. The Morgan fingerprint density at radius 2 is 1.88 bits per heavy atom. The van der Waals surface area contributed by atoms with E-state index in [1.165, 1.54) is 23.5 Å². The Morgan fingerprint density at radius 3 is 2.46 bits per heavy atom. The Bertz CT molecular complexity index is 780. The number of carbonyl (C=O) groups excluding carboxylic acids is 2. The van der Waals surface area contributed by atoms with Crippen molar-refractivity contribution in [3.8, 4) is 0 Å². The zero-order valence-electron chi connectivity index (χ0n) is 14.0. The van der Waals surface area contributed by atoms with Gasteiger partial charge in [-0.1, -0.05) is 6.07 Å². The number of piperidine rings is 1. The molecule has 0 unspecified atom stereocenters. The standard InChI is InChI=1S/C18H18N2O5S/c21-17(16-2-1-11-26-16)19-9-7-14(8-10-19)18(22)25-12-13-3-5-15(6-4-13)20(23)24/h1-6,11,14H,7-10,12H2. The summed E-state index contributed by atoms with van der Waals surface area (Å²) >= 11 is 1.42. The van der Waals surface area contributed by atoms with E-state index in [0.29, 0.717) is 36.4 Å². The van der Waals surface area contributed by atoms with E-state index < -0.39 is 4.92 Å². The number of nitro groups is 1. The molecule has 0 bridgehead atoms. The molecule has 8 heteroatoms. The van der Waals surface area contributed by atoms with Crippen molar-refractivity contribution in [2.24, 2.45) is 5.92 Å². The third-order valence-electron chi connectivity index (χ3n) is 4.38. The number of hydrogen-bond donors (Lipinski definition) is 0. The number of likely N-dealkylation sites (tertiary alicyclic amines) is 1. The predicted octanol–water partition coefficient (Wildman–Crippen LogP) is 3.25. The number of non-ortho nitro benzene ring substituents is 1. The number of carbonyl (C=O) groups is 2. The highest BCUT2D eigenvalue weighted by molar-refractivity contribution is 7.12. The second-order valence-corrected chi connectivity index (χ2v) is 7.02. The lowest BCUT2D eigenvalue weighted by Gasteiger charge is -2.30. The van der Waals surface area contributed by atoms with Gasteiger partial charge in [-0.25, -0.2) is 0 Å². The molecule has 0 spiro atoms. The molecule has 0 radical (unpaired) electrons. The van der Waals surface area contributed by atoms with Crippen LogP contribution in [0.15, 0.2) is 41.8 Å². The fourth-order valence-electron chi connectivity index (χ4n) is 2.86. The number of nitrogens with zero attached hydrogens (tertiary/aromatic N) is 2. The van der Waals surface area contributed by atoms with Gasteiger partial charge in [0.2, 0.25) is 0 Å². The van der Waals surface area contributed by atoms with Gasteiger partial charge in [0.15, 0.2) is 0 Å². The number of ether oxygens (including phenoxy) is 1. The van der Waals surface area contributed by atoms with Crippen LogP contribution in [0.3, 0.4) is 0 Å². The summed E-state index contributed by atoms with van der Waals surface area (Å²) in [5, 5.41) is 12.5. The van der Waals surface area contributed by atoms with Crippen LogP contribution in [-0.4, -0.2) is 34.8 Å². The molecule has 1 amide bonds. The van der Waals surface area contributed by atoms with Crippen LogP contribution in [0.5, 0.6) is 0 Å². The van der Waals surface area contributed by atoms with Gasteiger partial charge in [-0.05, 0) is 42.0 Å². The molecule has 7 nitrogen and oxygen atoms in total. The van der Waals surface area contributed by atoms with Gasteiger partial charge in [-0.2, -0.15) is 0 Å². The van der Waals surface area contributed by atoms with Crippen LogP contribution in [-0.2, 0) is 16.1 Å². The van der Waals surface area contributed by atoms with Gasteiger partial charge >= 0.3 is 5.97 Å². The molecular formula is C18H18N2O5S. The average molecular weight is 374 g/mol. The topological polar surface area (TPSA) is 89.8 Å². The molecule has 1 saturated heterocycles. The van der Waals surface area contributed by atoms with Crippen molar-refractivity contribution in [1.29, 1.82) is 0 Å². The average Bonchev–Trinajstić information content (AvgIpc) is 3.20. The Labute approximate surface area is 154 Å². The molecule has 0 aliphatic carbocycles. The molecule has 0 N–H and O–H groups in total. The smallest absolute Gasteiger partial charge is 0.309 e. The molecule has 136 valence electrons. The molecule has 3 rings (SSSR count). The maximum atomic E-state index is 12.3. The van der Waals surface area contributed by atoms with Crippen molar-refractivity contribution in [3.63, 3.8) is 0 Å². The highest BCUT2D eigenvalue weighted by Gasteiger charge is 2.29. The van der Waals surface area contributed by atoms with Crippen molar-refractivity contribution in [3.05, 3.63) is 62.3 Å². The van der Waals surface area contributed by atoms with Crippen molar-refractivity contribution in [2.75, 3.05) is 13.1 Å². The van der Waals surface area contributed by atoms with E-state index in [0.717, 1.165) is 0 Å².